The van der Waals surface area contributed by atoms with Gasteiger partial charge in [0.2, 0.25) is 0 Å². The van der Waals surface area contributed by atoms with Crippen LogP contribution in [0, 0.1) is 24.7 Å². The van der Waals surface area contributed by atoms with Crippen LogP contribution < -0.4 is 0 Å². The first-order valence-electron chi connectivity index (χ1n) is 5.65. The van der Waals surface area contributed by atoms with Crippen molar-refractivity contribution in [3.8, 4) is 24.7 Å². The molecule has 0 spiro atoms. The lowest BCUT2D eigenvalue weighted by Gasteiger charge is -2.37. The number of hydrogen-bond acceptors (Lipinski definition) is 2. The van der Waals surface area contributed by atoms with E-state index in [1.807, 2.05) is 34.6 Å². The average molecular weight is 250 g/mol. The number of rotatable bonds is 6. The van der Waals surface area contributed by atoms with Gasteiger partial charge in [0.25, 0.3) is 0 Å². The first-order chi connectivity index (χ1) is 7.66. The molecule has 0 rings (SSSR count). The van der Waals surface area contributed by atoms with Crippen molar-refractivity contribution in [3.05, 3.63) is 12.3 Å². The molecule has 0 radical (unpaired) electrons. The van der Waals surface area contributed by atoms with Crippen molar-refractivity contribution in [1.29, 1.82) is 0 Å². The molecule has 17 heavy (non-hydrogen) atoms. The van der Waals surface area contributed by atoms with E-state index in [4.69, 9.17) is 21.7 Å². The van der Waals surface area contributed by atoms with Crippen molar-refractivity contribution in [2.75, 3.05) is 0 Å². The van der Waals surface area contributed by atoms with Crippen molar-refractivity contribution in [2.45, 2.75) is 51.9 Å². The Morgan fingerprint density at radius 1 is 1.12 bits per heavy atom. The summed E-state index contributed by atoms with van der Waals surface area (Å²) >= 11 is 0. The maximum atomic E-state index is 5.98. The van der Waals surface area contributed by atoms with Gasteiger partial charge in [0.15, 0.2) is 0 Å². The Hall–Kier alpha value is -1.00. The molecule has 0 aliphatic heterocycles. The summed E-state index contributed by atoms with van der Waals surface area (Å²) in [5, 5.41) is 0. The fraction of sp³-hybridized carbons (Fsp3) is 0.571. The summed E-state index contributed by atoms with van der Waals surface area (Å²) in [6.45, 7) is 13.1. The van der Waals surface area contributed by atoms with E-state index >= 15 is 0 Å². The van der Waals surface area contributed by atoms with Crippen LogP contribution in [0.5, 0.6) is 0 Å². The molecular weight excluding hydrogens is 228 g/mol. The summed E-state index contributed by atoms with van der Waals surface area (Å²) in [4.78, 5) is 0. The Balaban J connectivity index is 5.15. The molecule has 0 aromatic carbocycles. The zero-order chi connectivity index (χ0) is 13.7. The molecule has 0 aliphatic rings. The molecule has 0 aromatic heterocycles. The minimum atomic E-state index is -2.58. The minimum Gasteiger partial charge on any atom is -0.375 e. The second kappa shape index (κ2) is 5.56. The highest BCUT2D eigenvalue weighted by Crippen LogP contribution is 2.27. The summed E-state index contributed by atoms with van der Waals surface area (Å²) in [7, 11) is -2.58. The highest BCUT2D eigenvalue weighted by Gasteiger charge is 2.41. The number of terminal acetylenes is 2. The van der Waals surface area contributed by atoms with Crippen molar-refractivity contribution >= 4 is 8.56 Å². The monoisotopic (exact) mass is 250 g/mol. The standard InChI is InChI=1S/C14H22O2Si/c1-9-13(5,6)15-17(11-3,12-4)16-14(7,8)10-2/h1-2,11H,3,12H2,4-8H3. The van der Waals surface area contributed by atoms with Gasteiger partial charge in [0, 0.05) is 0 Å². The summed E-state index contributed by atoms with van der Waals surface area (Å²) in [5.41, 5.74) is 0.382. The van der Waals surface area contributed by atoms with Crippen LogP contribution in [0.4, 0.5) is 0 Å². The molecule has 0 saturated carbocycles. The normalized spacial score (nSPS) is 12.6. The van der Waals surface area contributed by atoms with Gasteiger partial charge in [-0.15, -0.1) is 19.4 Å². The molecule has 0 N–H and O–H groups in total. The lowest BCUT2D eigenvalue weighted by molar-refractivity contribution is 0.0555. The van der Waals surface area contributed by atoms with Gasteiger partial charge in [-0.2, -0.15) is 0 Å². The molecule has 94 valence electrons. The van der Waals surface area contributed by atoms with Gasteiger partial charge >= 0.3 is 8.56 Å². The third-order valence-corrected chi connectivity index (χ3v) is 5.67. The molecule has 0 heterocycles. The van der Waals surface area contributed by atoms with Crippen LogP contribution in [-0.2, 0) is 8.85 Å². The quantitative estimate of drug-likeness (QED) is 0.533. The van der Waals surface area contributed by atoms with Gasteiger partial charge in [-0.05, 0) is 39.4 Å². The summed E-state index contributed by atoms with van der Waals surface area (Å²) in [6, 6.07) is 0.715. The van der Waals surface area contributed by atoms with E-state index in [1.165, 1.54) is 0 Å². The van der Waals surface area contributed by atoms with E-state index in [0.717, 1.165) is 0 Å². The van der Waals surface area contributed by atoms with Crippen LogP contribution in [0.25, 0.3) is 0 Å². The Labute approximate surface area is 107 Å². The predicted molar refractivity (Wildman–Crippen MR) is 74.4 cm³/mol. The van der Waals surface area contributed by atoms with E-state index < -0.39 is 19.8 Å². The molecule has 0 aromatic rings. The maximum absolute atomic E-state index is 5.98. The zero-order valence-corrected chi connectivity index (χ0v) is 12.5. The molecule has 0 bridgehead atoms. The second-order valence-electron chi connectivity index (χ2n) is 4.88. The Kier molecular flexibility index (Phi) is 5.23. The highest BCUT2D eigenvalue weighted by atomic mass is 28.4. The lowest BCUT2D eigenvalue weighted by atomic mass is 10.2. The van der Waals surface area contributed by atoms with Gasteiger partial charge in [-0.3, -0.25) is 0 Å². The third-order valence-electron chi connectivity index (χ3n) is 2.35. The average Bonchev–Trinajstić information content (AvgIpc) is 2.27. The van der Waals surface area contributed by atoms with Crippen molar-refractivity contribution < 1.29 is 8.85 Å². The van der Waals surface area contributed by atoms with Crippen LogP contribution in [0.15, 0.2) is 12.3 Å². The van der Waals surface area contributed by atoms with Crippen molar-refractivity contribution in [1.82, 2.24) is 0 Å². The zero-order valence-electron chi connectivity index (χ0n) is 11.5. The smallest absolute Gasteiger partial charge is 0.366 e. The van der Waals surface area contributed by atoms with Gasteiger partial charge in [-0.1, -0.05) is 18.8 Å². The van der Waals surface area contributed by atoms with Gasteiger partial charge in [-0.25, -0.2) is 0 Å². The highest BCUT2D eigenvalue weighted by molar-refractivity contribution is 6.72. The van der Waals surface area contributed by atoms with Gasteiger partial charge in [0.1, 0.15) is 11.2 Å². The fourth-order valence-electron chi connectivity index (χ4n) is 1.32. The molecule has 2 nitrogen and oxygen atoms in total. The first-order valence-corrected chi connectivity index (χ1v) is 7.75. The van der Waals surface area contributed by atoms with Crippen molar-refractivity contribution in [2.24, 2.45) is 0 Å². The maximum Gasteiger partial charge on any atom is 0.366 e. The molecule has 0 fully saturated rings. The van der Waals surface area contributed by atoms with E-state index in [1.54, 1.807) is 5.70 Å². The van der Waals surface area contributed by atoms with Crippen LogP contribution in [-0.4, -0.2) is 19.8 Å². The topological polar surface area (TPSA) is 18.5 Å². The summed E-state index contributed by atoms with van der Waals surface area (Å²) in [5.74, 6) is 5.20. The van der Waals surface area contributed by atoms with Crippen LogP contribution in [0.2, 0.25) is 6.04 Å². The SMILES string of the molecule is C#CC(C)(C)O[Si](C=C)(CC)OC(C)(C)C#C. The van der Waals surface area contributed by atoms with Crippen LogP contribution in [0.1, 0.15) is 34.6 Å². The molecular formula is C14H22O2Si. The Morgan fingerprint density at radius 2 is 1.47 bits per heavy atom. The largest absolute Gasteiger partial charge is 0.375 e. The molecule has 0 unspecified atom stereocenters. The first kappa shape index (κ1) is 16.0. The van der Waals surface area contributed by atoms with Crippen LogP contribution >= 0.6 is 0 Å². The molecule has 0 saturated heterocycles. The van der Waals surface area contributed by atoms with E-state index in [0.29, 0.717) is 6.04 Å². The van der Waals surface area contributed by atoms with Crippen molar-refractivity contribution in [3.63, 3.8) is 0 Å². The lowest BCUT2D eigenvalue weighted by Crippen LogP contribution is -2.50. The Morgan fingerprint density at radius 3 is 1.65 bits per heavy atom. The molecule has 0 amide bonds. The Bertz CT molecular complexity index is 327. The minimum absolute atomic E-state index is 0.679. The predicted octanol–water partition coefficient (Wildman–Crippen LogP) is 3.03. The van der Waals surface area contributed by atoms with E-state index in [2.05, 4.69) is 18.4 Å². The van der Waals surface area contributed by atoms with Crippen LogP contribution in [0.3, 0.4) is 0 Å². The number of hydrogen-bond donors (Lipinski definition) is 0. The van der Waals surface area contributed by atoms with E-state index in [9.17, 15) is 0 Å². The molecule has 0 aliphatic carbocycles. The summed E-state index contributed by atoms with van der Waals surface area (Å²) in [6.07, 6.45) is 10.9. The van der Waals surface area contributed by atoms with Gasteiger partial charge in [0.05, 0.1) is 0 Å². The molecule has 3 heteroatoms. The summed E-state index contributed by atoms with van der Waals surface area (Å²) < 4.78 is 12.0. The second-order valence-corrected chi connectivity index (χ2v) is 8.03. The van der Waals surface area contributed by atoms with E-state index in [-0.39, 0.29) is 0 Å². The van der Waals surface area contributed by atoms with Gasteiger partial charge < -0.3 is 8.85 Å². The third kappa shape index (κ3) is 4.79. The molecule has 0 atom stereocenters. The fourth-order valence-corrected chi connectivity index (χ4v) is 3.95.